The van der Waals surface area contributed by atoms with Crippen molar-refractivity contribution in [2.45, 2.75) is 6.92 Å². The molecule has 0 atom stereocenters. The van der Waals surface area contributed by atoms with Gasteiger partial charge in [0.2, 0.25) is 0 Å². The van der Waals surface area contributed by atoms with Crippen molar-refractivity contribution in [3.8, 4) is 5.69 Å². The number of hydrogen-bond acceptors (Lipinski definition) is 4. The Bertz CT molecular complexity index is 817. The van der Waals surface area contributed by atoms with Crippen molar-refractivity contribution >= 4 is 23.2 Å². The number of tetrazole rings is 1. The molecule has 0 spiro atoms. The average Bonchev–Trinajstić information content (AvgIpc) is 3.06. The zero-order chi connectivity index (χ0) is 15.5. The van der Waals surface area contributed by atoms with E-state index in [1.165, 1.54) is 11.0 Å². The first-order valence-electron chi connectivity index (χ1n) is 6.55. The largest absolute Gasteiger partial charge is 0.322 e. The summed E-state index contributed by atoms with van der Waals surface area (Å²) < 4.78 is 1.44. The molecule has 0 aliphatic heterocycles. The summed E-state index contributed by atoms with van der Waals surface area (Å²) in [4.78, 5) is 12.6. The third kappa shape index (κ3) is 2.68. The van der Waals surface area contributed by atoms with Crippen molar-refractivity contribution < 1.29 is 4.79 Å². The molecule has 1 N–H and O–H groups in total. The Labute approximate surface area is 131 Å². The van der Waals surface area contributed by atoms with Gasteiger partial charge in [-0.15, -0.1) is 5.10 Å². The van der Waals surface area contributed by atoms with Crippen LogP contribution in [0.15, 0.2) is 48.8 Å². The molecule has 3 rings (SSSR count). The van der Waals surface area contributed by atoms with Crippen LogP contribution in [0.2, 0.25) is 5.02 Å². The van der Waals surface area contributed by atoms with Crippen molar-refractivity contribution in [3.05, 3.63) is 64.9 Å². The number of carbonyl (C=O) groups is 1. The predicted molar refractivity (Wildman–Crippen MR) is 83.3 cm³/mol. The number of aromatic nitrogens is 4. The second kappa shape index (κ2) is 5.95. The van der Waals surface area contributed by atoms with E-state index < -0.39 is 0 Å². The Hall–Kier alpha value is -2.73. The maximum absolute atomic E-state index is 12.6. The first-order valence-corrected chi connectivity index (χ1v) is 6.93. The van der Waals surface area contributed by atoms with Crippen LogP contribution in [0.1, 0.15) is 15.9 Å². The van der Waals surface area contributed by atoms with Crippen LogP contribution < -0.4 is 5.32 Å². The molecule has 0 bridgehead atoms. The molecule has 0 saturated heterocycles. The predicted octanol–water partition coefficient (Wildman–Crippen LogP) is 2.88. The van der Waals surface area contributed by atoms with Gasteiger partial charge in [0.25, 0.3) is 5.91 Å². The monoisotopic (exact) mass is 313 g/mol. The lowest BCUT2D eigenvalue weighted by Gasteiger charge is -2.11. The summed E-state index contributed by atoms with van der Waals surface area (Å²) in [5, 5.41) is 14.5. The van der Waals surface area contributed by atoms with Gasteiger partial charge in [-0.3, -0.25) is 4.79 Å². The van der Waals surface area contributed by atoms with Gasteiger partial charge in [-0.2, -0.15) is 4.68 Å². The van der Waals surface area contributed by atoms with Gasteiger partial charge < -0.3 is 5.32 Å². The zero-order valence-corrected chi connectivity index (χ0v) is 12.4. The molecular weight excluding hydrogens is 302 g/mol. The number of benzene rings is 2. The minimum atomic E-state index is -0.253. The number of nitrogens with one attached hydrogen (secondary N) is 1. The smallest absolute Gasteiger partial charge is 0.257 e. The quantitative estimate of drug-likeness (QED) is 0.807. The van der Waals surface area contributed by atoms with Gasteiger partial charge in [0.15, 0.2) is 0 Å². The van der Waals surface area contributed by atoms with Crippen molar-refractivity contribution in [1.29, 1.82) is 0 Å². The average molecular weight is 314 g/mol. The van der Waals surface area contributed by atoms with Crippen LogP contribution >= 0.6 is 11.6 Å². The summed E-state index contributed by atoms with van der Waals surface area (Å²) in [6.07, 6.45) is 1.44. The summed E-state index contributed by atoms with van der Waals surface area (Å²) in [6, 6.07) is 12.5. The van der Waals surface area contributed by atoms with E-state index >= 15 is 0 Å². The Morgan fingerprint density at radius 1 is 1.18 bits per heavy atom. The van der Waals surface area contributed by atoms with Gasteiger partial charge >= 0.3 is 0 Å². The Kier molecular flexibility index (Phi) is 3.84. The van der Waals surface area contributed by atoms with E-state index in [0.29, 0.717) is 22.0 Å². The van der Waals surface area contributed by atoms with Crippen molar-refractivity contribution in [3.63, 3.8) is 0 Å². The van der Waals surface area contributed by atoms with Crippen molar-refractivity contribution in [1.82, 2.24) is 20.2 Å². The van der Waals surface area contributed by atoms with E-state index in [9.17, 15) is 4.79 Å². The minimum Gasteiger partial charge on any atom is -0.322 e. The lowest BCUT2D eigenvalue weighted by molar-refractivity contribution is 0.102. The van der Waals surface area contributed by atoms with Crippen LogP contribution in [0.25, 0.3) is 5.69 Å². The molecular formula is C15H12ClN5O. The van der Waals surface area contributed by atoms with E-state index in [2.05, 4.69) is 20.8 Å². The standard InChI is InChI=1S/C15H12ClN5O/c1-10-12(16)6-4-7-13(10)18-15(22)11-5-2-3-8-14(11)21-9-17-19-20-21/h2-9H,1H3,(H,18,22). The van der Waals surface area contributed by atoms with E-state index in [1.54, 1.807) is 36.4 Å². The molecule has 0 aliphatic rings. The summed E-state index contributed by atoms with van der Waals surface area (Å²) in [5.74, 6) is -0.253. The second-order valence-corrected chi connectivity index (χ2v) is 5.05. The molecule has 2 aromatic carbocycles. The molecule has 22 heavy (non-hydrogen) atoms. The fourth-order valence-electron chi connectivity index (χ4n) is 2.07. The first kappa shape index (κ1) is 14.2. The SMILES string of the molecule is Cc1c(Cl)cccc1NC(=O)c1ccccc1-n1cnnn1. The summed E-state index contributed by atoms with van der Waals surface area (Å²) in [7, 11) is 0. The van der Waals surface area contributed by atoms with Crippen LogP contribution in [0.3, 0.4) is 0 Å². The number of anilines is 1. The highest BCUT2D eigenvalue weighted by molar-refractivity contribution is 6.31. The van der Waals surface area contributed by atoms with Crippen LogP contribution in [0.5, 0.6) is 0 Å². The highest BCUT2D eigenvalue weighted by atomic mass is 35.5. The van der Waals surface area contributed by atoms with Crippen molar-refractivity contribution in [2.75, 3.05) is 5.32 Å². The van der Waals surface area contributed by atoms with Crippen LogP contribution in [0.4, 0.5) is 5.69 Å². The third-order valence-electron chi connectivity index (χ3n) is 3.26. The Morgan fingerprint density at radius 2 is 2.00 bits per heavy atom. The minimum absolute atomic E-state index is 0.253. The number of hydrogen-bond donors (Lipinski definition) is 1. The summed E-state index contributed by atoms with van der Waals surface area (Å²) in [5.41, 5.74) is 2.56. The number of rotatable bonds is 3. The molecule has 3 aromatic rings. The van der Waals surface area contributed by atoms with Gasteiger partial charge in [-0.25, -0.2) is 0 Å². The number of halogens is 1. The summed E-state index contributed by atoms with van der Waals surface area (Å²) >= 11 is 6.07. The number of para-hydroxylation sites is 1. The normalized spacial score (nSPS) is 10.5. The molecule has 7 heteroatoms. The van der Waals surface area contributed by atoms with Crippen LogP contribution in [-0.4, -0.2) is 26.1 Å². The Morgan fingerprint density at radius 3 is 2.77 bits per heavy atom. The van der Waals surface area contributed by atoms with E-state index in [4.69, 9.17) is 11.6 Å². The van der Waals surface area contributed by atoms with Gasteiger partial charge in [-0.1, -0.05) is 29.8 Å². The third-order valence-corrected chi connectivity index (χ3v) is 3.67. The lowest BCUT2D eigenvalue weighted by Crippen LogP contribution is -2.16. The number of amides is 1. The van der Waals surface area contributed by atoms with E-state index in [-0.39, 0.29) is 5.91 Å². The second-order valence-electron chi connectivity index (χ2n) is 4.64. The first-order chi connectivity index (χ1) is 10.7. The van der Waals surface area contributed by atoms with Gasteiger partial charge in [0.05, 0.1) is 11.3 Å². The van der Waals surface area contributed by atoms with Crippen LogP contribution in [0, 0.1) is 6.92 Å². The molecule has 1 aromatic heterocycles. The molecule has 1 heterocycles. The topological polar surface area (TPSA) is 72.7 Å². The maximum atomic E-state index is 12.6. The van der Waals surface area contributed by atoms with Gasteiger partial charge in [0, 0.05) is 10.7 Å². The highest BCUT2D eigenvalue weighted by Gasteiger charge is 2.14. The molecule has 1 amide bonds. The molecule has 110 valence electrons. The van der Waals surface area contributed by atoms with Gasteiger partial charge in [-0.05, 0) is 47.2 Å². The highest BCUT2D eigenvalue weighted by Crippen LogP contribution is 2.24. The Balaban J connectivity index is 1.95. The fourth-order valence-corrected chi connectivity index (χ4v) is 2.24. The zero-order valence-electron chi connectivity index (χ0n) is 11.7. The molecule has 0 fully saturated rings. The molecule has 6 nitrogen and oxygen atoms in total. The molecule has 0 saturated carbocycles. The van der Waals surface area contributed by atoms with Gasteiger partial charge in [0.1, 0.15) is 6.33 Å². The fraction of sp³-hybridized carbons (Fsp3) is 0.0667. The lowest BCUT2D eigenvalue weighted by atomic mass is 10.1. The van der Waals surface area contributed by atoms with Crippen molar-refractivity contribution in [2.24, 2.45) is 0 Å². The number of nitrogens with zero attached hydrogens (tertiary/aromatic N) is 4. The van der Waals surface area contributed by atoms with Crippen LogP contribution in [-0.2, 0) is 0 Å². The summed E-state index contributed by atoms with van der Waals surface area (Å²) in [6.45, 7) is 1.85. The number of carbonyl (C=O) groups excluding carboxylic acids is 1. The molecule has 0 unspecified atom stereocenters. The van der Waals surface area contributed by atoms with E-state index in [1.807, 2.05) is 13.0 Å². The molecule has 0 radical (unpaired) electrons. The molecule has 0 aliphatic carbocycles. The van der Waals surface area contributed by atoms with E-state index in [0.717, 1.165) is 5.56 Å². The maximum Gasteiger partial charge on any atom is 0.257 e.